The molecule has 1 aromatic heterocycles. The lowest BCUT2D eigenvalue weighted by Gasteiger charge is -2.12. The molecule has 1 unspecified atom stereocenters. The Morgan fingerprint density at radius 3 is 2.96 bits per heavy atom. The maximum Gasteiger partial charge on any atom is 0.195 e. The van der Waals surface area contributed by atoms with Crippen LogP contribution in [0.4, 0.5) is 0 Å². The van der Waals surface area contributed by atoms with Crippen LogP contribution in [0.3, 0.4) is 0 Å². The predicted octanol–water partition coefficient (Wildman–Crippen LogP) is 1.86. The van der Waals surface area contributed by atoms with Gasteiger partial charge in [0.15, 0.2) is 11.0 Å². The van der Waals surface area contributed by atoms with E-state index in [2.05, 4.69) is 15.5 Å². The first-order chi connectivity index (χ1) is 11.2. The summed E-state index contributed by atoms with van der Waals surface area (Å²) in [4.78, 5) is 0. The zero-order chi connectivity index (χ0) is 16.2. The number of hydrogen-bond donors (Lipinski definition) is 2. The fourth-order valence-corrected chi connectivity index (χ4v) is 3.48. The molecule has 7 heteroatoms. The van der Waals surface area contributed by atoms with Gasteiger partial charge in [-0.1, -0.05) is 17.8 Å². The molecule has 23 heavy (non-hydrogen) atoms. The fraction of sp³-hybridized carbons (Fsp3) is 0.500. The molecule has 0 saturated heterocycles. The lowest BCUT2D eigenvalue weighted by molar-refractivity contribution is 0.176. The normalized spacial score (nSPS) is 15.6. The number of nitrogens with zero attached hydrogens (tertiary/aromatic N) is 3. The van der Waals surface area contributed by atoms with E-state index >= 15 is 0 Å². The smallest absolute Gasteiger partial charge is 0.195 e. The Bertz CT molecular complexity index is 657. The highest BCUT2D eigenvalue weighted by atomic mass is 32.2. The highest BCUT2D eigenvalue weighted by molar-refractivity contribution is 7.99. The first-order valence-electron chi connectivity index (χ1n) is 7.77. The fourth-order valence-electron chi connectivity index (χ4n) is 2.45. The standard InChI is InChI=1S/C16H22N4O2S/c1-17-9-15-18-19-16(23-10-14(21)11-6-7-11)20(15)12-4-3-5-13(8-12)22-2/h3-5,8,11,14,17,21H,6-7,9-10H2,1-2H3. The highest BCUT2D eigenvalue weighted by Crippen LogP contribution is 2.35. The van der Waals surface area contributed by atoms with Gasteiger partial charge >= 0.3 is 0 Å². The zero-order valence-electron chi connectivity index (χ0n) is 13.4. The van der Waals surface area contributed by atoms with Crippen molar-refractivity contribution in [2.24, 2.45) is 5.92 Å². The summed E-state index contributed by atoms with van der Waals surface area (Å²) in [6.45, 7) is 0.621. The predicted molar refractivity (Wildman–Crippen MR) is 90.1 cm³/mol. The molecule has 1 aliphatic carbocycles. The molecule has 1 atom stereocenters. The summed E-state index contributed by atoms with van der Waals surface area (Å²) < 4.78 is 7.33. The first kappa shape index (κ1) is 16.3. The van der Waals surface area contributed by atoms with Crippen LogP contribution in [0.25, 0.3) is 5.69 Å². The van der Waals surface area contributed by atoms with Gasteiger partial charge in [-0.3, -0.25) is 4.57 Å². The topological polar surface area (TPSA) is 72.2 Å². The molecule has 0 spiro atoms. The molecule has 2 N–H and O–H groups in total. The van der Waals surface area contributed by atoms with Crippen molar-refractivity contribution in [1.82, 2.24) is 20.1 Å². The van der Waals surface area contributed by atoms with Gasteiger partial charge in [0.2, 0.25) is 0 Å². The maximum atomic E-state index is 10.1. The van der Waals surface area contributed by atoms with E-state index in [1.165, 1.54) is 0 Å². The molecule has 1 fully saturated rings. The lowest BCUT2D eigenvalue weighted by atomic mass is 10.3. The maximum absolute atomic E-state index is 10.1. The van der Waals surface area contributed by atoms with Crippen LogP contribution < -0.4 is 10.1 Å². The zero-order valence-corrected chi connectivity index (χ0v) is 14.2. The van der Waals surface area contributed by atoms with Crippen molar-refractivity contribution in [2.45, 2.75) is 30.6 Å². The van der Waals surface area contributed by atoms with Gasteiger partial charge in [0.05, 0.1) is 25.4 Å². The molecule has 1 aliphatic rings. The average molecular weight is 334 g/mol. The second-order valence-electron chi connectivity index (χ2n) is 5.68. The molecule has 0 aliphatic heterocycles. The van der Waals surface area contributed by atoms with E-state index in [1.807, 2.05) is 35.9 Å². The third-order valence-electron chi connectivity index (χ3n) is 3.90. The van der Waals surface area contributed by atoms with Crippen LogP contribution in [0.15, 0.2) is 29.4 Å². The minimum absolute atomic E-state index is 0.261. The molecule has 0 bridgehead atoms. The van der Waals surface area contributed by atoms with Crippen molar-refractivity contribution >= 4 is 11.8 Å². The van der Waals surface area contributed by atoms with Crippen LogP contribution in [-0.4, -0.2) is 45.9 Å². The van der Waals surface area contributed by atoms with Crippen LogP contribution in [0.5, 0.6) is 5.75 Å². The lowest BCUT2D eigenvalue weighted by Crippen LogP contribution is -2.14. The minimum atomic E-state index is -0.261. The van der Waals surface area contributed by atoms with Crippen molar-refractivity contribution in [3.05, 3.63) is 30.1 Å². The first-order valence-corrected chi connectivity index (χ1v) is 8.75. The molecule has 6 nitrogen and oxygen atoms in total. The van der Waals surface area contributed by atoms with Crippen molar-refractivity contribution < 1.29 is 9.84 Å². The molecular formula is C16H22N4O2S. The van der Waals surface area contributed by atoms with E-state index in [9.17, 15) is 5.11 Å². The number of nitrogens with one attached hydrogen (secondary N) is 1. The summed E-state index contributed by atoms with van der Waals surface area (Å²) in [7, 11) is 3.54. The highest BCUT2D eigenvalue weighted by Gasteiger charge is 2.30. The Morgan fingerprint density at radius 1 is 1.43 bits per heavy atom. The Kier molecular flexibility index (Phi) is 5.20. The Labute approximate surface area is 140 Å². The Balaban J connectivity index is 1.86. The summed E-state index contributed by atoms with van der Waals surface area (Å²) in [5.74, 6) is 2.74. The van der Waals surface area contributed by atoms with E-state index in [0.717, 1.165) is 35.3 Å². The van der Waals surface area contributed by atoms with Gasteiger partial charge in [-0.25, -0.2) is 0 Å². The summed E-state index contributed by atoms with van der Waals surface area (Å²) >= 11 is 1.55. The summed E-state index contributed by atoms with van der Waals surface area (Å²) in [5.41, 5.74) is 0.961. The SMILES string of the molecule is CNCc1nnc(SCC(O)C2CC2)n1-c1cccc(OC)c1. The van der Waals surface area contributed by atoms with Crippen molar-refractivity contribution in [1.29, 1.82) is 0 Å². The minimum Gasteiger partial charge on any atom is -0.497 e. The summed E-state index contributed by atoms with van der Waals surface area (Å²) in [6, 6.07) is 7.83. The van der Waals surface area contributed by atoms with Gasteiger partial charge in [-0.05, 0) is 37.9 Å². The molecule has 1 saturated carbocycles. The van der Waals surface area contributed by atoms with Crippen LogP contribution in [0, 0.1) is 5.92 Å². The number of aliphatic hydroxyl groups excluding tert-OH is 1. The average Bonchev–Trinajstić information content (AvgIpc) is 3.35. The number of aliphatic hydroxyl groups is 1. The number of benzene rings is 1. The quantitative estimate of drug-likeness (QED) is 0.718. The van der Waals surface area contributed by atoms with E-state index < -0.39 is 0 Å². The van der Waals surface area contributed by atoms with Crippen molar-refractivity contribution in [2.75, 3.05) is 19.9 Å². The number of hydrogen-bond acceptors (Lipinski definition) is 6. The summed E-state index contributed by atoms with van der Waals surface area (Å²) in [6.07, 6.45) is 2.01. The van der Waals surface area contributed by atoms with Gasteiger partial charge in [0, 0.05) is 11.8 Å². The van der Waals surface area contributed by atoms with Crippen LogP contribution in [-0.2, 0) is 6.54 Å². The number of rotatable bonds is 8. The van der Waals surface area contributed by atoms with E-state index in [4.69, 9.17) is 4.74 Å². The Hall–Kier alpha value is -1.57. The molecule has 1 heterocycles. The number of aromatic nitrogens is 3. The van der Waals surface area contributed by atoms with Gasteiger partial charge in [0.1, 0.15) is 5.75 Å². The van der Waals surface area contributed by atoms with Gasteiger partial charge in [0.25, 0.3) is 0 Å². The summed E-state index contributed by atoms with van der Waals surface area (Å²) in [5, 5.41) is 22.6. The molecule has 0 amide bonds. The number of ether oxygens (including phenoxy) is 1. The third kappa shape index (κ3) is 3.85. The van der Waals surface area contributed by atoms with E-state index in [1.54, 1.807) is 18.9 Å². The van der Waals surface area contributed by atoms with Crippen LogP contribution in [0.2, 0.25) is 0 Å². The van der Waals surface area contributed by atoms with Gasteiger partial charge in [-0.2, -0.15) is 0 Å². The second kappa shape index (κ2) is 7.33. The molecule has 1 aromatic carbocycles. The largest absolute Gasteiger partial charge is 0.497 e. The van der Waals surface area contributed by atoms with Gasteiger partial charge in [-0.15, -0.1) is 10.2 Å². The van der Waals surface area contributed by atoms with Crippen molar-refractivity contribution in [3.8, 4) is 11.4 Å². The molecular weight excluding hydrogens is 312 g/mol. The van der Waals surface area contributed by atoms with Crippen LogP contribution >= 0.6 is 11.8 Å². The second-order valence-corrected chi connectivity index (χ2v) is 6.67. The number of thioether (sulfide) groups is 1. The molecule has 3 rings (SSSR count). The monoisotopic (exact) mass is 334 g/mol. The van der Waals surface area contributed by atoms with E-state index in [0.29, 0.717) is 18.2 Å². The van der Waals surface area contributed by atoms with Gasteiger partial charge < -0.3 is 15.2 Å². The van der Waals surface area contributed by atoms with Crippen molar-refractivity contribution in [3.63, 3.8) is 0 Å². The molecule has 2 aromatic rings. The molecule has 124 valence electrons. The Morgan fingerprint density at radius 2 is 2.26 bits per heavy atom. The third-order valence-corrected chi connectivity index (χ3v) is 4.93. The number of methoxy groups -OCH3 is 1. The van der Waals surface area contributed by atoms with Crippen LogP contribution in [0.1, 0.15) is 18.7 Å². The molecule has 0 radical (unpaired) electrons. The van der Waals surface area contributed by atoms with E-state index in [-0.39, 0.29) is 6.10 Å².